The second-order valence-corrected chi connectivity index (χ2v) is 7.25. The summed E-state index contributed by atoms with van der Waals surface area (Å²) >= 11 is 6.20. The van der Waals surface area contributed by atoms with Crippen LogP contribution in [0.4, 0.5) is 5.82 Å². The first-order valence-corrected chi connectivity index (χ1v) is 8.62. The lowest BCUT2D eigenvalue weighted by molar-refractivity contribution is 0.484. The van der Waals surface area contributed by atoms with E-state index in [-0.39, 0.29) is 11.5 Å². The Hall–Kier alpha value is -2.11. The Morgan fingerprint density at radius 3 is 3.04 bits per heavy atom. The van der Waals surface area contributed by atoms with E-state index in [2.05, 4.69) is 32.0 Å². The number of anilines is 1. The van der Waals surface area contributed by atoms with Crippen molar-refractivity contribution < 1.29 is 0 Å². The molecule has 3 atom stereocenters. The van der Waals surface area contributed by atoms with Gasteiger partial charge in [-0.2, -0.15) is 0 Å². The van der Waals surface area contributed by atoms with Gasteiger partial charge in [-0.15, -0.1) is 0 Å². The number of aromatic amines is 1. The highest BCUT2D eigenvalue weighted by Crippen LogP contribution is 2.58. The number of rotatable bonds is 2. The van der Waals surface area contributed by atoms with Crippen LogP contribution in [0.1, 0.15) is 12.0 Å². The van der Waals surface area contributed by atoms with Gasteiger partial charge in [-0.05, 0) is 30.2 Å². The van der Waals surface area contributed by atoms with E-state index in [1.807, 2.05) is 24.4 Å². The summed E-state index contributed by atoms with van der Waals surface area (Å²) < 4.78 is 0. The van der Waals surface area contributed by atoms with Crippen molar-refractivity contribution >= 4 is 28.5 Å². The molecule has 2 aromatic heterocycles. The van der Waals surface area contributed by atoms with Gasteiger partial charge in [-0.1, -0.05) is 23.7 Å². The molecule has 5 rings (SSSR count). The maximum absolute atomic E-state index is 6.51. The fraction of sp³-hybridized carbons (Fsp3) is 0.333. The molecule has 0 radical (unpaired) electrons. The number of H-pyrrole nitrogens is 1. The van der Waals surface area contributed by atoms with Crippen molar-refractivity contribution in [2.24, 2.45) is 11.7 Å². The van der Waals surface area contributed by atoms with Crippen LogP contribution in [0.25, 0.3) is 11.0 Å². The Morgan fingerprint density at radius 2 is 2.21 bits per heavy atom. The SMILES string of the molecule is NC1C2CN(c3ncnc4[nH]ccc34)CCC12c1cccc(Cl)c1. The second-order valence-electron chi connectivity index (χ2n) is 6.82. The molecule has 3 aromatic rings. The molecule has 1 aliphatic carbocycles. The van der Waals surface area contributed by atoms with Gasteiger partial charge in [0.2, 0.25) is 0 Å². The van der Waals surface area contributed by atoms with Crippen molar-refractivity contribution in [3.8, 4) is 0 Å². The summed E-state index contributed by atoms with van der Waals surface area (Å²) in [4.78, 5) is 14.3. The molecule has 6 heteroatoms. The number of nitrogens with one attached hydrogen (secondary N) is 1. The third-order valence-corrected chi connectivity index (χ3v) is 6.02. The molecule has 3 N–H and O–H groups in total. The molecule has 5 nitrogen and oxygen atoms in total. The van der Waals surface area contributed by atoms with E-state index < -0.39 is 0 Å². The Labute approximate surface area is 144 Å². The van der Waals surface area contributed by atoms with Gasteiger partial charge in [0.05, 0.1) is 5.39 Å². The van der Waals surface area contributed by atoms with Gasteiger partial charge in [0, 0.05) is 41.7 Å². The summed E-state index contributed by atoms with van der Waals surface area (Å²) in [7, 11) is 0. The lowest BCUT2D eigenvalue weighted by Gasteiger charge is -2.32. The van der Waals surface area contributed by atoms with Crippen LogP contribution in [0.2, 0.25) is 5.02 Å². The van der Waals surface area contributed by atoms with Crippen LogP contribution < -0.4 is 10.6 Å². The number of benzene rings is 1. The number of nitrogens with two attached hydrogens (primary N) is 1. The zero-order chi connectivity index (χ0) is 16.3. The number of aromatic nitrogens is 3. The van der Waals surface area contributed by atoms with Crippen LogP contribution in [-0.4, -0.2) is 34.1 Å². The largest absolute Gasteiger partial charge is 0.356 e. The molecule has 2 aliphatic rings. The molecule has 3 heterocycles. The summed E-state index contributed by atoms with van der Waals surface area (Å²) in [6.45, 7) is 1.86. The number of piperidine rings is 1. The van der Waals surface area contributed by atoms with Gasteiger partial charge < -0.3 is 15.6 Å². The Bertz CT molecular complexity index is 922. The van der Waals surface area contributed by atoms with Crippen LogP contribution in [0.3, 0.4) is 0 Å². The summed E-state index contributed by atoms with van der Waals surface area (Å²) in [6, 6.07) is 10.4. The summed E-state index contributed by atoms with van der Waals surface area (Å²) in [5, 5.41) is 1.86. The van der Waals surface area contributed by atoms with E-state index in [4.69, 9.17) is 17.3 Å². The number of hydrogen-bond acceptors (Lipinski definition) is 4. The lowest BCUT2D eigenvalue weighted by Crippen LogP contribution is -2.37. The zero-order valence-corrected chi connectivity index (χ0v) is 13.9. The summed E-state index contributed by atoms with van der Waals surface area (Å²) in [6.07, 6.45) is 4.56. The Morgan fingerprint density at radius 1 is 1.29 bits per heavy atom. The van der Waals surface area contributed by atoms with Gasteiger partial charge in [-0.25, -0.2) is 9.97 Å². The van der Waals surface area contributed by atoms with Crippen molar-refractivity contribution in [3.63, 3.8) is 0 Å². The molecule has 1 aromatic carbocycles. The molecule has 122 valence electrons. The average molecular weight is 340 g/mol. The maximum Gasteiger partial charge on any atom is 0.142 e. The first-order chi connectivity index (χ1) is 11.7. The normalized spacial score (nSPS) is 28.8. The minimum atomic E-state index is 0.0751. The number of hydrogen-bond donors (Lipinski definition) is 2. The predicted octanol–water partition coefficient (Wildman–Crippen LogP) is 2.72. The van der Waals surface area contributed by atoms with E-state index >= 15 is 0 Å². The Kier molecular flexibility index (Phi) is 2.94. The fourth-order valence-corrected chi connectivity index (χ4v) is 4.65. The van der Waals surface area contributed by atoms with Crippen LogP contribution in [0.5, 0.6) is 0 Å². The molecule has 2 fully saturated rings. The molecular formula is C18H18ClN5. The minimum absolute atomic E-state index is 0.0751. The number of fused-ring (bicyclic) bond motifs is 2. The van der Waals surface area contributed by atoms with Gasteiger partial charge in [0.1, 0.15) is 17.8 Å². The highest BCUT2D eigenvalue weighted by molar-refractivity contribution is 6.30. The lowest BCUT2D eigenvalue weighted by atomic mass is 9.87. The quantitative estimate of drug-likeness (QED) is 0.753. The van der Waals surface area contributed by atoms with Crippen molar-refractivity contribution in [2.75, 3.05) is 18.0 Å². The minimum Gasteiger partial charge on any atom is -0.356 e. The zero-order valence-electron chi connectivity index (χ0n) is 13.1. The van der Waals surface area contributed by atoms with Crippen LogP contribution in [0.15, 0.2) is 42.9 Å². The molecule has 24 heavy (non-hydrogen) atoms. The maximum atomic E-state index is 6.51. The van der Waals surface area contributed by atoms with E-state index in [1.165, 1.54) is 5.56 Å². The third kappa shape index (κ3) is 1.85. The average Bonchev–Trinajstić information content (AvgIpc) is 2.96. The topological polar surface area (TPSA) is 70.8 Å². The molecule has 0 spiro atoms. The van der Waals surface area contributed by atoms with Crippen molar-refractivity contribution in [1.29, 1.82) is 0 Å². The van der Waals surface area contributed by atoms with Crippen molar-refractivity contribution in [1.82, 2.24) is 15.0 Å². The van der Waals surface area contributed by atoms with E-state index in [0.29, 0.717) is 5.92 Å². The molecule has 1 aliphatic heterocycles. The second kappa shape index (κ2) is 4.94. The molecule has 1 saturated heterocycles. The summed E-state index contributed by atoms with van der Waals surface area (Å²) in [5.41, 5.74) is 8.75. The van der Waals surface area contributed by atoms with E-state index in [0.717, 1.165) is 41.4 Å². The predicted molar refractivity (Wildman–Crippen MR) is 95.3 cm³/mol. The van der Waals surface area contributed by atoms with Crippen LogP contribution in [-0.2, 0) is 5.41 Å². The van der Waals surface area contributed by atoms with E-state index in [1.54, 1.807) is 6.33 Å². The number of halogens is 1. The molecule has 3 unspecified atom stereocenters. The third-order valence-electron chi connectivity index (χ3n) is 5.79. The van der Waals surface area contributed by atoms with Gasteiger partial charge in [0.25, 0.3) is 0 Å². The van der Waals surface area contributed by atoms with E-state index in [9.17, 15) is 0 Å². The first kappa shape index (κ1) is 14.3. The van der Waals surface area contributed by atoms with Crippen molar-refractivity contribution in [2.45, 2.75) is 17.9 Å². The monoisotopic (exact) mass is 339 g/mol. The highest BCUT2D eigenvalue weighted by atomic mass is 35.5. The molecular weight excluding hydrogens is 322 g/mol. The van der Waals surface area contributed by atoms with Gasteiger partial charge in [-0.3, -0.25) is 0 Å². The summed E-state index contributed by atoms with van der Waals surface area (Å²) in [5.74, 6) is 1.44. The number of nitrogens with zero attached hydrogens (tertiary/aromatic N) is 3. The molecule has 0 amide bonds. The van der Waals surface area contributed by atoms with Crippen molar-refractivity contribution in [3.05, 3.63) is 53.4 Å². The molecule has 0 bridgehead atoms. The Balaban J connectivity index is 1.47. The first-order valence-electron chi connectivity index (χ1n) is 8.25. The standard InChI is InChI=1S/C18H18ClN5/c19-12-3-1-2-11(8-12)18-5-7-24(9-14(18)15(18)20)17-13-4-6-21-16(13)22-10-23-17/h1-4,6,8,10,14-15H,5,7,9,20H2,(H,21,22,23). The smallest absolute Gasteiger partial charge is 0.142 e. The van der Waals surface area contributed by atoms with Gasteiger partial charge >= 0.3 is 0 Å². The van der Waals surface area contributed by atoms with Crippen LogP contribution >= 0.6 is 11.6 Å². The highest BCUT2D eigenvalue weighted by Gasteiger charge is 2.65. The van der Waals surface area contributed by atoms with Gasteiger partial charge in [0.15, 0.2) is 0 Å². The van der Waals surface area contributed by atoms with Crippen LogP contribution in [0, 0.1) is 5.92 Å². The molecule has 1 saturated carbocycles. The fourth-order valence-electron chi connectivity index (χ4n) is 4.46.